The van der Waals surface area contributed by atoms with Gasteiger partial charge in [-0.3, -0.25) is 0 Å². The zero-order chi connectivity index (χ0) is 17.9. The quantitative estimate of drug-likeness (QED) is 0.482. The number of benzene rings is 3. The smallest absolute Gasteiger partial charge is 0.183 e. The van der Waals surface area contributed by atoms with E-state index in [9.17, 15) is 0 Å². The Labute approximate surface area is 157 Å². The van der Waals surface area contributed by atoms with Gasteiger partial charge in [-0.25, -0.2) is 4.98 Å². The Morgan fingerprint density at radius 3 is 2.54 bits per heavy atom. The van der Waals surface area contributed by atoms with Gasteiger partial charge in [0.25, 0.3) is 0 Å². The highest BCUT2D eigenvalue weighted by Gasteiger charge is 2.10. The maximum Gasteiger partial charge on any atom is 0.183 e. The number of aromatic nitrogens is 1. The van der Waals surface area contributed by atoms with E-state index in [-0.39, 0.29) is 0 Å². The second kappa shape index (κ2) is 7.18. The molecule has 26 heavy (non-hydrogen) atoms. The number of hydrogen-bond donors (Lipinski definition) is 1. The fourth-order valence-corrected chi connectivity index (χ4v) is 3.84. The van der Waals surface area contributed by atoms with Crippen molar-refractivity contribution in [1.82, 2.24) is 4.98 Å². The van der Waals surface area contributed by atoms with Gasteiger partial charge in [-0.05, 0) is 41.5 Å². The molecule has 3 nitrogen and oxygen atoms in total. The molecule has 0 aliphatic heterocycles. The minimum Gasteiger partial charge on any atom is -0.497 e. The SMILES string of the molecule is COc1ccc2cc(-c3nc(NCc4ccccc4)sc3C)ccc2c1. The lowest BCUT2D eigenvalue weighted by molar-refractivity contribution is 0.415. The highest BCUT2D eigenvalue weighted by atomic mass is 32.1. The van der Waals surface area contributed by atoms with E-state index >= 15 is 0 Å². The van der Waals surface area contributed by atoms with Crippen molar-refractivity contribution in [1.29, 1.82) is 0 Å². The number of nitrogens with zero attached hydrogens (tertiary/aromatic N) is 1. The largest absolute Gasteiger partial charge is 0.497 e. The first-order chi connectivity index (χ1) is 12.7. The third kappa shape index (κ3) is 3.41. The molecule has 0 saturated heterocycles. The van der Waals surface area contributed by atoms with Crippen LogP contribution in [0.3, 0.4) is 0 Å². The van der Waals surface area contributed by atoms with Gasteiger partial charge in [0.05, 0.1) is 12.8 Å². The molecule has 4 aromatic rings. The van der Waals surface area contributed by atoms with Crippen LogP contribution in [-0.4, -0.2) is 12.1 Å². The molecule has 4 heteroatoms. The van der Waals surface area contributed by atoms with Crippen LogP contribution in [-0.2, 0) is 6.54 Å². The molecule has 0 amide bonds. The zero-order valence-corrected chi connectivity index (χ0v) is 15.6. The fraction of sp³-hybridized carbons (Fsp3) is 0.136. The van der Waals surface area contributed by atoms with Crippen LogP contribution in [0.5, 0.6) is 5.75 Å². The number of ether oxygens (including phenoxy) is 1. The number of rotatable bonds is 5. The van der Waals surface area contributed by atoms with Gasteiger partial charge in [0.1, 0.15) is 5.75 Å². The molecule has 0 aliphatic carbocycles. The Balaban J connectivity index is 1.59. The van der Waals surface area contributed by atoms with Crippen LogP contribution in [0.15, 0.2) is 66.7 Å². The number of methoxy groups -OCH3 is 1. The van der Waals surface area contributed by atoms with E-state index in [0.717, 1.165) is 28.7 Å². The molecule has 1 heterocycles. The van der Waals surface area contributed by atoms with Crippen LogP contribution in [0, 0.1) is 6.92 Å². The van der Waals surface area contributed by atoms with E-state index in [4.69, 9.17) is 9.72 Å². The van der Waals surface area contributed by atoms with Gasteiger partial charge in [0, 0.05) is 17.0 Å². The molecular weight excluding hydrogens is 340 g/mol. The van der Waals surface area contributed by atoms with E-state index in [2.05, 4.69) is 66.8 Å². The third-order valence-electron chi connectivity index (χ3n) is 4.40. The fourth-order valence-electron chi connectivity index (χ4n) is 3.01. The molecule has 0 fully saturated rings. The number of fused-ring (bicyclic) bond motifs is 1. The molecule has 0 bridgehead atoms. The Morgan fingerprint density at radius 2 is 1.73 bits per heavy atom. The van der Waals surface area contributed by atoms with E-state index in [0.29, 0.717) is 0 Å². The monoisotopic (exact) mass is 360 g/mol. The highest BCUT2D eigenvalue weighted by Crippen LogP contribution is 2.33. The van der Waals surface area contributed by atoms with Gasteiger partial charge in [0.2, 0.25) is 0 Å². The Hall–Kier alpha value is -2.85. The van der Waals surface area contributed by atoms with Crippen molar-refractivity contribution < 1.29 is 4.74 Å². The standard InChI is InChI=1S/C22H20N2OS/c1-15-21(24-22(26-15)23-14-16-6-4-3-5-7-16)19-9-8-18-13-20(25-2)11-10-17(18)12-19/h3-13H,14H2,1-2H3,(H,23,24). The minimum atomic E-state index is 0.782. The van der Waals surface area contributed by atoms with Crippen LogP contribution in [0.1, 0.15) is 10.4 Å². The second-order valence-corrected chi connectivity index (χ2v) is 7.39. The summed E-state index contributed by atoms with van der Waals surface area (Å²) in [5.41, 5.74) is 3.44. The Bertz CT molecular complexity index is 1040. The lowest BCUT2D eigenvalue weighted by Gasteiger charge is -2.05. The molecule has 0 radical (unpaired) electrons. The molecule has 1 N–H and O–H groups in total. The van der Waals surface area contributed by atoms with Crippen molar-refractivity contribution in [2.45, 2.75) is 13.5 Å². The molecule has 0 aliphatic rings. The van der Waals surface area contributed by atoms with Crippen LogP contribution in [0.4, 0.5) is 5.13 Å². The molecule has 0 unspecified atom stereocenters. The number of aryl methyl sites for hydroxylation is 1. The summed E-state index contributed by atoms with van der Waals surface area (Å²) in [5.74, 6) is 0.877. The van der Waals surface area contributed by atoms with Crippen LogP contribution in [0.2, 0.25) is 0 Å². The summed E-state index contributed by atoms with van der Waals surface area (Å²) < 4.78 is 5.30. The molecule has 0 atom stereocenters. The Kier molecular flexibility index (Phi) is 4.59. The number of thiazole rings is 1. The summed E-state index contributed by atoms with van der Waals surface area (Å²) in [6.45, 7) is 2.91. The number of hydrogen-bond acceptors (Lipinski definition) is 4. The van der Waals surface area contributed by atoms with Crippen LogP contribution < -0.4 is 10.1 Å². The average Bonchev–Trinajstić information content (AvgIpc) is 3.07. The number of anilines is 1. The van der Waals surface area contributed by atoms with Gasteiger partial charge >= 0.3 is 0 Å². The molecule has 130 valence electrons. The van der Waals surface area contributed by atoms with Crippen molar-refractivity contribution in [3.8, 4) is 17.0 Å². The van der Waals surface area contributed by atoms with Gasteiger partial charge in [-0.2, -0.15) is 0 Å². The van der Waals surface area contributed by atoms with Gasteiger partial charge < -0.3 is 10.1 Å². The van der Waals surface area contributed by atoms with E-state index < -0.39 is 0 Å². The number of nitrogens with one attached hydrogen (secondary N) is 1. The highest BCUT2D eigenvalue weighted by molar-refractivity contribution is 7.16. The summed E-state index contributed by atoms with van der Waals surface area (Å²) in [6, 6.07) is 23.0. The second-order valence-electron chi connectivity index (χ2n) is 6.19. The molecule has 1 aromatic heterocycles. The van der Waals surface area contributed by atoms with Crippen molar-refractivity contribution >= 4 is 27.2 Å². The lowest BCUT2D eigenvalue weighted by atomic mass is 10.0. The van der Waals surface area contributed by atoms with E-state index in [1.807, 2.05) is 12.1 Å². The first kappa shape index (κ1) is 16.6. The minimum absolute atomic E-state index is 0.782. The van der Waals surface area contributed by atoms with Crippen LogP contribution in [0.25, 0.3) is 22.0 Å². The summed E-state index contributed by atoms with van der Waals surface area (Å²) in [7, 11) is 1.69. The maximum absolute atomic E-state index is 5.30. The normalized spacial score (nSPS) is 10.8. The van der Waals surface area contributed by atoms with Crippen molar-refractivity contribution in [2.75, 3.05) is 12.4 Å². The predicted molar refractivity (Wildman–Crippen MR) is 110 cm³/mol. The third-order valence-corrected chi connectivity index (χ3v) is 5.33. The van der Waals surface area contributed by atoms with E-state index in [1.165, 1.54) is 21.2 Å². The van der Waals surface area contributed by atoms with Gasteiger partial charge in [-0.1, -0.05) is 48.5 Å². The molecule has 0 saturated carbocycles. The topological polar surface area (TPSA) is 34.1 Å². The average molecular weight is 360 g/mol. The lowest BCUT2D eigenvalue weighted by Crippen LogP contribution is -1.98. The van der Waals surface area contributed by atoms with Crippen LogP contribution >= 0.6 is 11.3 Å². The van der Waals surface area contributed by atoms with Crippen molar-refractivity contribution in [3.05, 3.63) is 77.2 Å². The maximum atomic E-state index is 5.30. The predicted octanol–water partition coefficient (Wildman–Crippen LogP) is 5.89. The Morgan fingerprint density at radius 1 is 0.962 bits per heavy atom. The molecule has 0 spiro atoms. The summed E-state index contributed by atoms with van der Waals surface area (Å²) in [5, 5.41) is 6.75. The van der Waals surface area contributed by atoms with E-state index in [1.54, 1.807) is 18.4 Å². The summed E-state index contributed by atoms with van der Waals surface area (Å²) in [4.78, 5) is 6.03. The zero-order valence-electron chi connectivity index (χ0n) is 14.8. The van der Waals surface area contributed by atoms with Crippen molar-refractivity contribution in [3.63, 3.8) is 0 Å². The van der Waals surface area contributed by atoms with Crippen molar-refractivity contribution in [2.24, 2.45) is 0 Å². The molecule has 3 aromatic carbocycles. The first-order valence-corrected chi connectivity index (χ1v) is 9.38. The van der Waals surface area contributed by atoms with Gasteiger partial charge in [0.15, 0.2) is 5.13 Å². The van der Waals surface area contributed by atoms with Gasteiger partial charge in [-0.15, -0.1) is 11.3 Å². The summed E-state index contributed by atoms with van der Waals surface area (Å²) in [6.07, 6.45) is 0. The molecule has 4 rings (SSSR count). The first-order valence-electron chi connectivity index (χ1n) is 8.56. The molecular formula is C22H20N2OS. The summed E-state index contributed by atoms with van der Waals surface area (Å²) >= 11 is 1.70.